The molecule has 5 nitrogen and oxygen atoms in total. The number of nitrogens with zero attached hydrogens (tertiary/aromatic N) is 2. The van der Waals surface area contributed by atoms with Gasteiger partial charge in [-0.25, -0.2) is 8.42 Å². The fourth-order valence-corrected chi connectivity index (χ4v) is 4.55. The Hall–Kier alpha value is -0.920. The van der Waals surface area contributed by atoms with E-state index in [2.05, 4.69) is 10.3 Å². The SMILES string of the molecule is Cc1cncc2cccc(S(=O)(=O)N3CCCNCC3)c12.Cl.Cl. The monoisotopic (exact) mass is 377 g/mol. The molecule has 23 heavy (non-hydrogen) atoms. The standard InChI is InChI=1S/C15H19N3O2S.2ClH/c1-12-10-17-11-13-4-2-5-14(15(12)13)21(19,20)18-8-3-6-16-7-9-18;;/h2,4-5,10-11,16H,3,6-9H2,1H3;2*1H. The number of pyridine rings is 1. The van der Waals surface area contributed by atoms with E-state index in [9.17, 15) is 8.42 Å². The third kappa shape index (κ3) is 3.95. The van der Waals surface area contributed by atoms with Crippen LogP contribution in [0.2, 0.25) is 0 Å². The van der Waals surface area contributed by atoms with Crippen molar-refractivity contribution in [2.75, 3.05) is 26.2 Å². The Bertz CT molecular complexity index is 755. The Morgan fingerprint density at radius 2 is 1.91 bits per heavy atom. The van der Waals surface area contributed by atoms with E-state index in [0.717, 1.165) is 29.3 Å². The van der Waals surface area contributed by atoms with Crippen LogP contribution in [0.4, 0.5) is 0 Å². The van der Waals surface area contributed by atoms with Crippen LogP contribution in [0.1, 0.15) is 12.0 Å². The maximum Gasteiger partial charge on any atom is 0.243 e. The lowest BCUT2D eigenvalue weighted by molar-refractivity contribution is 0.432. The summed E-state index contributed by atoms with van der Waals surface area (Å²) in [5.74, 6) is 0. The van der Waals surface area contributed by atoms with E-state index in [4.69, 9.17) is 0 Å². The molecule has 0 atom stereocenters. The lowest BCUT2D eigenvalue weighted by Gasteiger charge is -2.21. The quantitative estimate of drug-likeness (QED) is 0.872. The topological polar surface area (TPSA) is 62.3 Å². The maximum absolute atomic E-state index is 13.0. The average molecular weight is 378 g/mol. The van der Waals surface area contributed by atoms with Gasteiger partial charge in [0.2, 0.25) is 10.0 Å². The molecule has 0 amide bonds. The van der Waals surface area contributed by atoms with Crippen molar-refractivity contribution in [3.05, 3.63) is 36.2 Å². The van der Waals surface area contributed by atoms with Crippen LogP contribution in [-0.2, 0) is 10.0 Å². The van der Waals surface area contributed by atoms with Gasteiger partial charge >= 0.3 is 0 Å². The first-order chi connectivity index (χ1) is 10.1. The summed E-state index contributed by atoms with van der Waals surface area (Å²) < 4.78 is 27.6. The van der Waals surface area contributed by atoms with Crippen LogP contribution in [0, 0.1) is 6.92 Å². The first kappa shape index (κ1) is 20.1. The Labute approximate surface area is 149 Å². The van der Waals surface area contributed by atoms with Crippen LogP contribution in [0.5, 0.6) is 0 Å². The molecule has 0 aliphatic carbocycles. The van der Waals surface area contributed by atoms with E-state index in [0.29, 0.717) is 24.5 Å². The van der Waals surface area contributed by atoms with Gasteiger partial charge in [0.15, 0.2) is 0 Å². The summed E-state index contributed by atoms with van der Waals surface area (Å²) in [7, 11) is -3.47. The fraction of sp³-hybridized carbons (Fsp3) is 0.400. The van der Waals surface area contributed by atoms with E-state index in [1.165, 1.54) is 0 Å². The summed E-state index contributed by atoms with van der Waals surface area (Å²) >= 11 is 0. The van der Waals surface area contributed by atoms with Crippen LogP contribution in [0.3, 0.4) is 0 Å². The molecule has 1 aromatic carbocycles. The number of halogens is 2. The molecule has 8 heteroatoms. The van der Waals surface area contributed by atoms with E-state index >= 15 is 0 Å². The summed E-state index contributed by atoms with van der Waals surface area (Å²) in [5.41, 5.74) is 0.889. The van der Waals surface area contributed by atoms with Crippen molar-refractivity contribution in [1.82, 2.24) is 14.6 Å². The van der Waals surface area contributed by atoms with Gasteiger partial charge in [-0.05, 0) is 31.5 Å². The van der Waals surface area contributed by atoms with Crippen molar-refractivity contribution in [3.8, 4) is 0 Å². The predicted molar refractivity (Wildman–Crippen MR) is 97.2 cm³/mol. The zero-order valence-electron chi connectivity index (χ0n) is 12.9. The molecule has 0 bridgehead atoms. The fourth-order valence-electron chi connectivity index (χ4n) is 2.79. The van der Waals surface area contributed by atoms with Gasteiger partial charge in [-0.2, -0.15) is 4.31 Å². The zero-order valence-corrected chi connectivity index (χ0v) is 15.3. The van der Waals surface area contributed by atoms with Crippen molar-refractivity contribution in [1.29, 1.82) is 0 Å². The molecule has 1 aromatic heterocycles. The molecule has 3 rings (SSSR count). The largest absolute Gasteiger partial charge is 0.315 e. The number of hydrogen-bond acceptors (Lipinski definition) is 4. The molecule has 0 spiro atoms. The molecule has 0 unspecified atom stereocenters. The summed E-state index contributed by atoms with van der Waals surface area (Å²) in [4.78, 5) is 4.54. The minimum atomic E-state index is -3.47. The number of aromatic nitrogens is 1. The second kappa shape index (κ2) is 8.26. The van der Waals surface area contributed by atoms with Crippen LogP contribution >= 0.6 is 24.8 Å². The average Bonchev–Trinajstić information content (AvgIpc) is 2.76. The third-order valence-corrected chi connectivity index (χ3v) is 5.79. The lowest BCUT2D eigenvalue weighted by Crippen LogP contribution is -2.34. The zero-order chi connectivity index (χ0) is 14.9. The van der Waals surface area contributed by atoms with E-state index in [1.54, 1.807) is 28.8 Å². The van der Waals surface area contributed by atoms with Gasteiger partial charge in [-0.15, -0.1) is 24.8 Å². The van der Waals surface area contributed by atoms with E-state index in [-0.39, 0.29) is 24.8 Å². The maximum atomic E-state index is 13.0. The number of hydrogen-bond donors (Lipinski definition) is 1. The minimum absolute atomic E-state index is 0. The Morgan fingerprint density at radius 3 is 2.70 bits per heavy atom. The molecule has 1 saturated heterocycles. The van der Waals surface area contributed by atoms with Gasteiger partial charge in [0, 0.05) is 42.8 Å². The van der Waals surface area contributed by atoms with Gasteiger partial charge in [-0.1, -0.05) is 12.1 Å². The van der Waals surface area contributed by atoms with Crippen molar-refractivity contribution in [2.45, 2.75) is 18.2 Å². The highest BCUT2D eigenvalue weighted by molar-refractivity contribution is 7.89. The highest BCUT2D eigenvalue weighted by Crippen LogP contribution is 2.28. The number of aryl methyl sites for hydroxylation is 1. The van der Waals surface area contributed by atoms with Crippen LogP contribution in [0.25, 0.3) is 10.8 Å². The summed E-state index contributed by atoms with van der Waals surface area (Å²) in [6.07, 6.45) is 4.27. The van der Waals surface area contributed by atoms with Crippen molar-refractivity contribution in [2.24, 2.45) is 0 Å². The normalized spacial score (nSPS) is 16.2. The molecule has 1 aliphatic heterocycles. The van der Waals surface area contributed by atoms with Crippen LogP contribution < -0.4 is 5.32 Å². The summed E-state index contributed by atoms with van der Waals surface area (Å²) in [5, 5.41) is 4.88. The molecule has 2 heterocycles. The molecule has 1 fully saturated rings. The Morgan fingerprint density at radius 1 is 1.13 bits per heavy atom. The van der Waals surface area contributed by atoms with E-state index < -0.39 is 10.0 Å². The minimum Gasteiger partial charge on any atom is -0.315 e. The molecule has 1 N–H and O–H groups in total. The molecule has 0 radical (unpaired) electrons. The Balaban J connectivity index is 0.00000132. The van der Waals surface area contributed by atoms with Crippen LogP contribution in [0.15, 0.2) is 35.5 Å². The molecule has 2 aromatic rings. The van der Waals surface area contributed by atoms with E-state index in [1.807, 2.05) is 13.0 Å². The lowest BCUT2D eigenvalue weighted by atomic mass is 10.1. The summed E-state index contributed by atoms with van der Waals surface area (Å²) in [6.45, 7) is 4.55. The van der Waals surface area contributed by atoms with Gasteiger partial charge in [0.1, 0.15) is 0 Å². The highest BCUT2D eigenvalue weighted by atomic mass is 35.5. The molecular formula is C15H21Cl2N3O2S. The predicted octanol–water partition coefficient (Wildman–Crippen LogP) is 2.37. The molecule has 128 valence electrons. The molecule has 1 aliphatic rings. The smallest absolute Gasteiger partial charge is 0.243 e. The first-order valence-electron chi connectivity index (χ1n) is 7.15. The third-order valence-electron chi connectivity index (χ3n) is 3.85. The summed E-state index contributed by atoms with van der Waals surface area (Å²) in [6, 6.07) is 5.38. The Kier molecular flexibility index (Phi) is 7.23. The highest BCUT2D eigenvalue weighted by Gasteiger charge is 2.27. The number of fused-ring (bicyclic) bond motifs is 1. The number of benzene rings is 1. The number of rotatable bonds is 2. The first-order valence-corrected chi connectivity index (χ1v) is 8.59. The van der Waals surface area contributed by atoms with Crippen LogP contribution in [-0.4, -0.2) is 43.9 Å². The second-order valence-electron chi connectivity index (χ2n) is 5.32. The second-order valence-corrected chi connectivity index (χ2v) is 7.22. The van der Waals surface area contributed by atoms with Gasteiger partial charge in [-0.3, -0.25) is 4.98 Å². The van der Waals surface area contributed by atoms with Crippen molar-refractivity contribution >= 4 is 45.6 Å². The number of sulfonamides is 1. The molecule has 0 saturated carbocycles. The number of nitrogens with one attached hydrogen (secondary N) is 1. The van der Waals surface area contributed by atoms with Gasteiger partial charge in [0.05, 0.1) is 4.90 Å². The molecular weight excluding hydrogens is 357 g/mol. The van der Waals surface area contributed by atoms with Crippen molar-refractivity contribution < 1.29 is 8.42 Å². The van der Waals surface area contributed by atoms with Crippen molar-refractivity contribution in [3.63, 3.8) is 0 Å². The van der Waals surface area contributed by atoms with Gasteiger partial charge < -0.3 is 5.32 Å². The van der Waals surface area contributed by atoms with Gasteiger partial charge in [0.25, 0.3) is 0 Å².